The van der Waals surface area contributed by atoms with Crippen molar-refractivity contribution in [3.63, 3.8) is 0 Å². The molecular weight excluding hydrogens is 1460 g/mol. The molecule has 110 heavy (non-hydrogen) atoms. The summed E-state index contributed by atoms with van der Waals surface area (Å²) in [6.07, 6.45) is -21.1. The van der Waals surface area contributed by atoms with Gasteiger partial charge in [-0.25, -0.2) is 0 Å². The molecule has 3 saturated heterocycles. The van der Waals surface area contributed by atoms with Crippen LogP contribution in [-0.4, -0.2) is 204 Å². The van der Waals surface area contributed by atoms with Crippen LogP contribution >= 0.6 is 11.6 Å². The fraction of sp³-hybridized carbons (Fsp3) is 0.493. The molecule has 8 heterocycles. The van der Waals surface area contributed by atoms with Crippen molar-refractivity contribution in [1.29, 1.82) is 0 Å². The molecule has 8 aliphatic heterocycles. The number of aromatic hydroxyl groups is 3. The maximum Gasteiger partial charge on any atom is 0.248 e. The molecule has 13 rings (SSSR count). The minimum atomic E-state index is -2.30. The number of carbonyl (C=O) groups is 8. The molecule has 0 spiro atoms. The first-order valence-electron chi connectivity index (χ1n) is 35.7. The molecule has 7 amide bonds. The van der Waals surface area contributed by atoms with Crippen LogP contribution in [0.5, 0.6) is 46.0 Å². The number of carbonyl (C=O) groups excluding carboxylic acids is 8. The second kappa shape index (κ2) is 32.9. The fourth-order valence-corrected chi connectivity index (χ4v) is 14.7. The number of phenolic OH excluding ortho intramolecular Hbond substituents is 3. The van der Waals surface area contributed by atoms with Crippen molar-refractivity contribution in [2.75, 3.05) is 13.7 Å². The number of amides is 7. The second-order valence-corrected chi connectivity index (χ2v) is 30.3. The average molecular weight is 1560 g/mol. The average Bonchev–Trinajstić information content (AvgIpc) is 0.765. The first-order valence-corrected chi connectivity index (χ1v) is 36.1. The van der Waals surface area contributed by atoms with E-state index >= 15 is 19.2 Å². The summed E-state index contributed by atoms with van der Waals surface area (Å²) in [5.74, 6) is -13.6. The summed E-state index contributed by atoms with van der Waals surface area (Å²) in [6, 6.07) is 3.06. The van der Waals surface area contributed by atoms with Gasteiger partial charge in [0.05, 0.1) is 48.5 Å². The number of fused-ring (bicyclic) bond motifs is 15. The first kappa shape index (κ1) is 81.6. The van der Waals surface area contributed by atoms with Gasteiger partial charge in [0.25, 0.3) is 0 Å². The molecular formula is C75H92ClN9O25. The topological polar surface area (TPSA) is 529 Å². The van der Waals surface area contributed by atoms with Gasteiger partial charge < -0.3 is 133 Å². The van der Waals surface area contributed by atoms with E-state index in [1.807, 2.05) is 13.8 Å². The smallest absolute Gasteiger partial charge is 0.248 e. The highest BCUT2D eigenvalue weighted by Gasteiger charge is 2.52. The van der Waals surface area contributed by atoms with E-state index in [-0.39, 0.29) is 75.1 Å². The van der Waals surface area contributed by atoms with Gasteiger partial charge >= 0.3 is 0 Å². The predicted octanol–water partition coefficient (Wildman–Crippen LogP) is 1.50. The summed E-state index contributed by atoms with van der Waals surface area (Å²) < 4.78 is 52.1. The number of aliphatic hydroxyl groups is 6. The summed E-state index contributed by atoms with van der Waals surface area (Å²) in [7, 11) is 1.49. The minimum absolute atomic E-state index is 0.0105. The van der Waals surface area contributed by atoms with Crippen molar-refractivity contribution in [3.8, 4) is 57.1 Å². The molecule has 0 aliphatic carbocycles. The lowest BCUT2D eigenvalue weighted by Gasteiger charge is -2.47. The highest BCUT2D eigenvalue weighted by atomic mass is 35.5. The Balaban J connectivity index is 1.18. The van der Waals surface area contributed by atoms with Crippen LogP contribution in [0.15, 0.2) is 84.9 Å². The number of rotatable bonds is 15. The number of benzene rings is 5. The monoisotopic (exact) mass is 1550 g/mol. The number of primary amides is 1. The zero-order valence-electron chi connectivity index (χ0n) is 61.3. The summed E-state index contributed by atoms with van der Waals surface area (Å²) in [4.78, 5) is 120. The number of nitrogens with one attached hydrogen (secondary N) is 7. The normalized spacial score (nSPS) is 31.4. The van der Waals surface area contributed by atoms with Crippen LogP contribution < -0.4 is 62.9 Å². The maximum absolute atomic E-state index is 16.4. The van der Waals surface area contributed by atoms with Crippen LogP contribution in [0.2, 0.25) is 5.02 Å². The van der Waals surface area contributed by atoms with Gasteiger partial charge in [-0.3, -0.25) is 38.4 Å². The van der Waals surface area contributed by atoms with Crippen LogP contribution in [0.4, 0.5) is 0 Å². The Bertz CT molecular complexity index is 4340. The van der Waals surface area contributed by atoms with Gasteiger partial charge in [-0.1, -0.05) is 63.6 Å². The maximum atomic E-state index is 16.4. The summed E-state index contributed by atoms with van der Waals surface area (Å²) in [6.45, 7) is 11.9. The quantitative estimate of drug-likeness (QED) is 0.0706. The number of likely N-dealkylation sites (N-methyl/N-ethyl adjacent to an activating group) is 1. The molecule has 11 bridgehead atoms. The zero-order valence-corrected chi connectivity index (χ0v) is 62.1. The van der Waals surface area contributed by atoms with Gasteiger partial charge in [-0.2, -0.15) is 0 Å². The Kier molecular flexibility index (Phi) is 24.4. The van der Waals surface area contributed by atoms with Crippen LogP contribution in [0.3, 0.4) is 0 Å². The molecule has 34 nitrogen and oxygen atoms in total. The predicted molar refractivity (Wildman–Crippen MR) is 385 cm³/mol. The summed E-state index contributed by atoms with van der Waals surface area (Å²) in [5, 5.41) is 122. The third-order valence-corrected chi connectivity index (χ3v) is 20.7. The molecule has 5 aromatic carbocycles. The van der Waals surface area contributed by atoms with E-state index < -0.39 is 233 Å². The lowest BCUT2D eigenvalue weighted by Crippen LogP contribution is -2.62. The molecule has 0 aromatic heterocycles. The Hall–Kier alpha value is -9.37. The number of hydrogen-bond donors (Lipinski definition) is 18. The number of hydrogen-bond acceptors (Lipinski definition) is 27. The number of ketones is 1. The molecule has 21 unspecified atom stereocenters. The Morgan fingerprint density at radius 1 is 0.682 bits per heavy atom. The van der Waals surface area contributed by atoms with E-state index in [9.17, 15) is 65.1 Å². The van der Waals surface area contributed by atoms with Crippen LogP contribution in [-0.2, 0) is 62.0 Å². The van der Waals surface area contributed by atoms with Crippen LogP contribution in [0, 0.1) is 11.3 Å². The third-order valence-electron chi connectivity index (χ3n) is 20.4. The minimum Gasteiger partial charge on any atom is -0.508 e. The number of Topliss-reactive ketones (excluding diaryl/α,β-unsaturated/α-hetero) is 1. The van der Waals surface area contributed by atoms with E-state index in [1.54, 1.807) is 20.8 Å². The van der Waals surface area contributed by atoms with Crippen molar-refractivity contribution in [3.05, 3.63) is 118 Å². The molecule has 594 valence electrons. The molecule has 8 aliphatic rings. The number of aliphatic hydroxyl groups excluding tert-OH is 6. The lowest BCUT2D eigenvalue weighted by molar-refractivity contribution is -0.337. The highest BCUT2D eigenvalue weighted by Crippen LogP contribution is 2.50. The lowest BCUT2D eigenvalue weighted by atomic mass is 9.78. The van der Waals surface area contributed by atoms with Gasteiger partial charge in [-0.05, 0) is 135 Å². The second-order valence-electron chi connectivity index (χ2n) is 29.9. The molecule has 35 heteroatoms. The first-order chi connectivity index (χ1) is 51.8. The van der Waals surface area contributed by atoms with Gasteiger partial charge in [0, 0.05) is 35.6 Å². The van der Waals surface area contributed by atoms with Crippen molar-refractivity contribution >= 4 is 58.7 Å². The van der Waals surface area contributed by atoms with Crippen molar-refractivity contribution in [2.45, 2.75) is 209 Å². The van der Waals surface area contributed by atoms with Crippen molar-refractivity contribution in [1.82, 2.24) is 37.2 Å². The number of ether oxygens (including phenoxy) is 8. The Labute approximate surface area is 635 Å². The van der Waals surface area contributed by atoms with E-state index in [2.05, 4.69) is 37.2 Å². The molecule has 20 N–H and O–H groups in total. The number of phenols is 3. The fourth-order valence-electron chi connectivity index (χ4n) is 14.5. The summed E-state index contributed by atoms with van der Waals surface area (Å²) in [5.41, 5.74) is 8.37. The number of halogens is 1. The molecule has 0 saturated carbocycles. The van der Waals surface area contributed by atoms with Gasteiger partial charge in [-0.15, -0.1) is 0 Å². The van der Waals surface area contributed by atoms with Crippen LogP contribution in [0.25, 0.3) is 11.1 Å². The highest BCUT2D eigenvalue weighted by molar-refractivity contribution is 6.32. The van der Waals surface area contributed by atoms with Crippen molar-refractivity contribution in [2.24, 2.45) is 22.8 Å². The summed E-state index contributed by atoms with van der Waals surface area (Å²) >= 11 is 7.15. The van der Waals surface area contributed by atoms with Gasteiger partial charge in [0.15, 0.2) is 36.0 Å². The van der Waals surface area contributed by atoms with E-state index in [4.69, 9.17) is 61.0 Å². The standard InChI is InChI=1S/C75H92ClN9O25/c1-29(2)18-42(79-9)67(97)84-57-59(92)35-13-17-46(41(76)20-35)106-48-22-36-21-47(63(48)110-73-64(61(94)60(93)49(28-86)107-73)109-51-26-74(6,7)65(95)31(4)103-51)105-38-14-10-33(11-15-38)62(108-52-27-75(8,78)66(96)32(5)104-52)58-72(102)81-54(30(3)87)40-23-37(88)24-45(90)53(40)39-19-34(12-16-44(39)89)55(69(99)85-58)83-70(100)56(36)82-68(98)43(25-50(77)91)80-71(57)101/h10-17,19-24,29,31-32,42-43,49,51-52,54-62,64-66,73,79,86,88-90,92-96H,18,25-28,78H2,1-9H3,(H2,77,91)(H,80,101)(H,81,102)(H,82,98)(H,83,100)(H,84,97)(H,85,99). The Morgan fingerprint density at radius 2 is 1.31 bits per heavy atom. The number of nitrogens with two attached hydrogens (primary N) is 2. The van der Waals surface area contributed by atoms with Crippen LogP contribution in [0.1, 0.15) is 139 Å². The molecule has 3 fully saturated rings. The largest absolute Gasteiger partial charge is 0.508 e. The van der Waals surface area contributed by atoms with Crippen molar-refractivity contribution < 1.29 is 122 Å². The zero-order chi connectivity index (χ0) is 80.0. The van der Waals surface area contributed by atoms with E-state index in [0.717, 1.165) is 49.4 Å². The SMILES string of the molecule is CNC(CC(C)C)C(=O)NC1C(=O)NC(CC(N)=O)C(=O)NC2C(=O)NC3C(=O)NC(C(=O)NC(C(C)=O)c4cc(O)cc(O)c4-c4cc3ccc4O)C(OC3CC(C)(N)C(O)C(C)O3)c3ccc(cc3)Oc3cc2cc(c3OC2OC(CO)C(O)C(O)C2OC2CC(C)(C)C(O)C(C)O2)Oc2ccc(cc2Cl)C1O. The van der Waals surface area contributed by atoms with Gasteiger partial charge in [0.1, 0.15) is 95.5 Å². The Morgan fingerprint density at radius 3 is 1.94 bits per heavy atom. The molecule has 0 radical (unpaired) electrons. The molecule has 5 aromatic rings. The third kappa shape index (κ3) is 17.4. The van der Waals surface area contributed by atoms with E-state index in [1.165, 1.54) is 63.4 Å². The molecule has 21 atom stereocenters. The van der Waals surface area contributed by atoms with E-state index in [0.29, 0.717) is 0 Å². The van der Waals surface area contributed by atoms with Gasteiger partial charge in [0.2, 0.25) is 53.4 Å².